The molecule has 3 aromatic carbocycles. The topological polar surface area (TPSA) is 131 Å². The summed E-state index contributed by atoms with van der Waals surface area (Å²) in [5.74, 6) is -1.63. The second kappa shape index (κ2) is 9.20. The minimum Gasteiger partial charge on any atom is -0.478 e. The summed E-state index contributed by atoms with van der Waals surface area (Å²) in [6.45, 7) is 0. The molecule has 0 heterocycles. The molecule has 3 aromatic rings. The number of anilines is 1. The molecule has 0 aliphatic heterocycles. The highest BCUT2D eigenvalue weighted by Crippen LogP contribution is 2.27. The molecule has 0 saturated carbocycles. The normalized spacial score (nSPS) is 10.9. The zero-order chi connectivity index (χ0) is 21.5. The van der Waals surface area contributed by atoms with Gasteiger partial charge in [0.05, 0.1) is 11.3 Å². The smallest absolute Gasteiger partial charge is 0.336 e. The van der Waals surface area contributed by atoms with Gasteiger partial charge in [-0.25, -0.2) is 9.79 Å². The molecule has 0 bridgehead atoms. The number of nitrogens with zero attached hydrogens (tertiary/aromatic N) is 1. The number of rotatable bonds is 6. The van der Waals surface area contributed by atoms with E-state index in [-0.39, 0.29) is 11.5 Å². The first-order chi connectivity index (χ1) is 14.4. The molecule has 0 fully saturated rings. The summed E-state index contributed by atoms with van der Waals surface area (Å²) in [6.07, 6.45) is 1.56. The molecular weight excluding hydrogens is 380 g/mol. The highest BCUT2D eigenvalue weighted by atomic mass is 16.4. The number of benzene rings is 3. The molecule has 150 valence electrons. The SMILES string of the molecule is NC(N)=Nc1cccc(C(=O)Nc2ccccc2C(=Cc2ccccc2)C(=O)O)c1. The van der Waals surface area contributed by atoms with E-state index in [4.69, 9.17) is 11.5 Å². The van der Waals surface area contributed by atoms with Gasteiger partial charge >= 0.3 is 5.97 Å². The third kappa shape index (κ3) is 5.11. The lowest BCUT2D eigenvalue weighted by atomic mass is 10.0. The summed E-state index contributed by atoms with van der Waals surface area (Å²) in [5, 5.41) is 12.5. The van der Waals surface area contributed by atoms with E-state index in [0.717, 1.165) is 5.56 Å². The Morgan fingerprint density at radius 2 is 1.60 bits per heavy atom. The predicted molar refractivity (Wildman–Crippen MR) is 118 cm³/mol. The molecule has 1 amide bonds. The molecular formula is C23H20N4O3. The lowest BCUT2D eigenvalue weighted by Crippen LogP contribution is -2.22. The first-order valence-corrected chi connectivity index (χ1v) is 9.04. The van der Waals surface area contributed by atoms with Gasteiger partial charge in [0.2, 0.25) is 0 Å². The Labute approximate surface area is 173 Å². The maximum absolute atomic E-state index is 12.8. The molecule has 0 aliphatic carbocycles. The van der Waals surface area contributed by atoms with Gasteiger partial charge in [0.25, 0.3) is 5.91 Å². The van der Waals surface area contributed by atoms with Gasteiger partial charge in [-0.3, -0.25) is 4.79 Å². The van der Waals surface area contributed by atoms with Crippen molar-refractivity contribution in [1.82, 2.24) is 0 Å². The minimum absolute atomic E-state index is 0.0614. The Balaban J connectivity index is 1.95. The molecule has 0 unspecified atom stereocenters. The Morgan fingerprint density at radius 3 is 2.30 bits per heavy atom. The zero-order valence-corrected chi connectivity index (χ0v) is 15.9. The van der Waals surface area contributed by atoms with E-state index in [1.807, 2.05) is 18.2 Å². The average molecular weight is 400 g/mol. The lowest BCUT2D eigenvalue weighted by Gasteiger charge is -2.12. The number of aliphatic imine (C=N–C) groups is 1. The first-order valence-electron chi connectivity index (χ1n) is 9.04. The van der Waals surface area contributed by atoms with Gasteiger partial charge in [-0.1, -0.05) is 54.6 Å². The Morgan fingerprint density at radius 1 is 0.900 bits per heavy atom. The van der Waals surface area contributed by atoms with E-state index in [0.29, 0.717) is 22.5 Å². The van der Waals surface area contributed by atoms with E-state index < -0.39 is 11.9 Å². The Hall–Kier alpha value is -4.39. The van der Waals surface area contributed by atoms with Crippen molar-refractivity contribution in [2.45, 2.75) is 0 Å². The standard InChI is InChI=1S/C23H20N4O3/c24-23(25)26-17-10-6-9-16(14-17)21(28)27-20-12-5-4-11-18(20)19(22(29)30)13-15-7-2-1-3-8-15/h1-14H,(H,27,28)(H,29,30)(H4,24,25,26). The number of amides is 1. The molecule has 0 aromatic heterocycles. The van der Waals surface area contributed by atoms with Gasteiger partial charge in [0.15, 0.2) is 5.96 Å². The van der Waals surface area contributed by atoms with Crippen molar-refractivity contribution < 1.29 is 14.7 Å². The number of hydrogen-bond acceptors (Lipinski definition) is 3. The first kappa shape index (κ1) is 20.3. The largest absolute Gasteiger partial charge is 0.478 e. The Kier molecular flexibility index (Phi) is 6.24. The molecule has 30 heavy (non-hydrogen) atoms. The average Bonchev–Trinajstić information content (AvgIpc) is 2.73. The third-order valence-corrected chi connectivity index (χ3v) is 4.17. The number of para-hydroxylation sites is 1. The third-order valence-electron chi connectivity index (χ3n) is 4.17. The van der Waals surface area contributed by atoms with E-state index >= 15 is 0 Å². The number of hydrogen-bond donors (Lipinski definition) is 4. The monoisotopic (exact) mass is 400 g/mol. The summed E-state index contributed by atoms with van der Waals surface area (Å²) < 4.78 is 0. The minimum atomic E-state index is -1.10. The fourth-order valence-corrected chi connectivity index (χ4v) is 2.86. The molecule has 7 heteroatoms. The quantitative estimate of drug-likeness (QED) is 0.218. The summed E-state index contributed by atoms with van der Waals surface area (Å²) in [7, 11) is 0. The maximum atomic E-state index is 12.8. The number of carbonyl (C=O) groups excluding carboxylic acids is 1. The molecule has 3 rings (SSSR count). The van der Waals surface area contributed by atoms with Crippen LogP contribution in [0.25, 0.3) is 11.6 Å². The van der Waals surface area contributed by atoms with Crippen LogP contribution in [0, 0.1) is 0 Å². The fourth-order valence-electron chi connectivity index (χ4n) is 2.86. The van der Waals surface area contributed by atoms with Crippen molar-refractivity contribution in [1.29, 1.82) is 0 Å². The predicted octanol–water partition coefficient (Wildman–Crippen LogP) is 3.47. The van der Waals surface area contributed by atoms with E-state index in [1.54, 1.807) is 60.7 Å². The van der Waals surface area contributed by atoms with E-state index in [1.165, 1.54) is 6.07 Å². The number of aliphatic carboxylic acids is 1. The van der Waals surface area contributed by atoms with Crippen LogP contribution in [-0.2, 0) is 4.79 Å². The van der Waals surface area contributed by atoms with Crippen LogP contribution < -0.4 is 16.8 Å². The lowest BCUT2D eigenvalue weighted by molar-refractivity contribution is -0.130. The van der Waals surface area contributed by atoms with E-state index in [9.17, 15) is 14.7 Å². The number of carbonyl (C=O) groups is 2. The van der Waals surface area contributed by atoms with Crippen LogP contribution >= 0.6 is 0 Å². The molecule has 0 radical (unpaired) electrons. The summed E-state index contributed by atoms with van der Waals surface area (Å²) in [4.78, 5) is 28.6. The number of carboxylic acids is 1. The van der Waals surface area contributed by atoms with Gasteiger partial charge in [0.1, 0.15) is 0 Å². The van der Waals surface area contributed by atoms with Crippen molar-refractivity contribution in [3.05, 3.63) is 95.6 Å². The second-order valence-corrected chi connectivity index (χ2v) is 6.36. The molecule has 0 aliphatic rings. The number of nitrogens with one attached hydrogen (secondary N) is 1. The number of guanidine groups is 1. The van der Waals surface area contributed by atoms with Crippen molar-refractivity contribution in [3.8, 4) is 0 Å². The molecule has 0 saturated heterocycles. The van der Waals surface area contributed by atoms with Gasteiger partial charge in [-0.2, -0.15) is 0 Å². The van der Waals surface area contributed by atoms with Gasteiger partial charge in [-0.05, 0) is 35.9 Å². The van der Waals surface area contributed by atoms with Crippen LogP contribution in [0.4, 0.5) is 11.4 Å². The summed E-state index contributed by atoms with van der Waals surface area (Å²) in [6, 6.07) is 22.3. The van der Waals surface area contributed by atoms with Crippen LogP contribution in [0.3, 0.4) is 0 Å². The zero-order valence-electron chi connectivity index (χ0n) is 15.9. The Bertz CT molecular complexity index is 1130. The van der Waals surface area contributed by atoms with Crippen LogP contribution in [0.2, 0.25) is 0 Å². The highest BCUT2D eigenvalue weighted by Gasteiger charge is 2.17. The van der Waals surface area contributed by atoms with Crippen molar-refractivity contribution >= 4 is 40.9 Å². The highest BCUT2D eigenvalue weighted by molar-refractivity contribution is 6.23. The van der Waals surface area contributed by atoms with E-state index in [2.05, 4.69) is 10.3 Å². The van der Waals surface area contributed by atoms with Crippen molar-refractivity contribution in [2.24, 2.45) is 16.5 Å². The van der Waals surface area contributed by atoms with Crippen molar-refractivity contribution in [3.63, 3.8) is 0 Å². The number of carboxylic acid groups (broad SMARTS) is 1. The number of nitrogens with two attached hydrogens (primary N) is 2. The fraction of sp³-hybridized carbons (Fsp3) is 0. The van der Waals surface area contributed by atoms with Crippen LogP contribution in [0.1, 0.15) is 21.5 Å². The van der Waals surface area contributed by atoms with Crippen molar-refractivity contribution in [2.75, 3.05) is 5.32 Å². The summed E-state index contributed by atoms with van der Waals surface area (Å²) in [5.41, 5.74) is 13.1. The molecule has 6 N–H and O–H groups in total. The molecule has 0 atom stereocenters. The molecule has 0 spiro atoms. The van der Waals surface area contributed by atoms with Crippen LogP contribution in [-0.4, -0.2) is 22.9 Å². The van der Waals surface area contributed by atoms with Crippen LogP contribution in [0.5, 0.6) is 0 Å². The van der Waals surface area contributed by atoms with Gasteiger partial charge < -0.3 is 21.9 Å². The van der Waals surface area contributed by atoms with Crippen LogP contribution in [0.15, 0.2) is 83.9 Å². The van der Waals surface area contributed by atoms with Gasteiger partial charge in [0, 0.05) is 16.8 Å². The van der Waals surface area contributed by atoms with Gasteiger partial charge in [-0.15, -0.1) is 0 Å². The molecule has 7 nitrogen and oxygen atoms in total. The second-order valence-electron chi connectivity index (χ2n) is 6.36. The maximum Gasteiger partial charge on any atom is 0.336 e. The summed E-state index contributed by atoms with van der Waals surface area (Å²) >= 11 is 0.